The number of carbonyl (C=O) groups is 1. The van der Waals surface area contributed by atoms with E-state index in [9.17, 15) is 4.79 Å². The summed E-state index contributed by atoms with van der Waals surface area (Å²) in [6.07, 6.45) is 2.36. The van der Waals surface area contributed by atoms with Gasteiger partial charge >= 0.3 is 0 Å². The molecule has 2 aromatic carbocycles. The fraction of sp³-hybridized carbons (Fsp3) is 0.350. The topological polar surface area (TPSA) is 64.4 Å². The number of hydrogen-bond donors (Lipinski definition) is 2. The molecule has 0 aliphatic carbocycles. The van der Waals surface area contributed by atoms with Gasteiger partial charge in [0.1, 0.15) is 5.75 Å². The van der Waals surface area contributed by atoms with Crippen LogP contribution in [0.2, 0.25) is 0 Å². The van der Waals surface area contributed by atoms with Gasteiger partial charge in [0, 0.05) is 12.5 Å². The van der Waals surface area contributed by atoms with Gasteiger partial charge < -0.3 is 15.8 Å². The fourth-order valence-corrected chi connectivity index (χ4v) is 3.08. The van der Waals surface area contributed by atoms with Crippen molar-refractivity contribution in [3.05, 3.63) is 65.2 Å². The molecule has 1 aliphatic heterocycles. The number of carbonyl (C=O) groups excluding carboxylic acids is 1. The Bertz CT molecular complexity index is 698. The molecule has 126 valence electrons. The first-order valence-corrected chi connectivity index (χ1v) is 8.49. The summed E-state index contributed by atoms with van der Waals surface area (Å²) in [5, 5.41) is 3.13. The monoisotopic (exact) mass is 324 g/mol. The summed E-state index contributed by atoms with van der Waals surface area (Å²) >= 11 is 0. The van der Waals surface area contributed by atoms with E-state index >= 15 is 0 Å². The quantitative estimate of drug-likeness (QED) is 0.889. The molecule has 3 rings (SSSR count). The molecule has 0 fully saturated rings. The van der Waals surface area contributed by atoms with E-state index in [0.717, 1.165) is 36.3 Å². The van der Waals surface area contributed by atoms with Crippen LogP contribution in [0.3, 0.4) is 0 Å². The van der Waals surface area contributed by atoms with E-state index in [1.54, 1.807) is 0 Å². The summed E-state index contributed by atoms with van der Waals surface area (Å²) < 4.78 is 5.69. The highest BCUT2D eigenvalue weighted by atomic mass is 16.5. The molecule has 0 spiro atoms. The standard InChI is InChI=1S/C20H24N2O2/c1-14(21)12-19(23)22-20(15-6-3-2-4-7-15)17-9-10-18-16(13-17)8-5-11-24-18/h2-4,6-7,9-10,13-14,20H,5,8,11-12,21H2,1H3,(H,22,23). The average Bonchev–Trinajstić information content (AvgIpc) is 2.59. The van der Waals surface area contributed by atoms with Crippen molar-refractivity contribution in [1.82, 2.24) is 5.32 Å². The summed E-state index contributed by atoms with van der Waals surface area (Å²) in [6, 6.07) is 15.9. The van der Waals surface area contributed by atoms with Crippen molar-refractivity contribution in [2.75, 3.05) is 6.61 Å². The summed E-state index contributed by atoms with van der Waals surface area (Å²) in [6.45, 7) is 2.62. The molecule has 3 N–H and O–H groups in total. The third-order valence-electron chi connectivity index (χ3n) is 4.21. The van der Waals surface area contributed by atoms with E-state index in [2.05, 4.69) is 11.4 Å². The van der Waals surface area contributed by atoms with Crippen LogP contribution in [-0.2, 0) is 11.2 Å². The minimum atomic E-state index is -0.176. The predicted molar refractivity (Wildman–Crippen MR) is 95.0 cm³/mol. The van der Waals surface area contributed by atoms with Crippen molar-refractivity contribution in [1.29, 1.82) is 0 Å². The SMILES string of the molecule is CC(N)CC(=O)NC(c1ccccc1)c1ccc2c(c1)CCCO2. The minimum absolute atomic E-state index is 0.0344. The lowest BCUT2D eigenvalue weighted by Gasteiger charge is -2.23. The highest BCUT2D eigenvalue weighted by Gasteiger charge is 2.20. The lowest BCUT2D eigenvalue weighted by Crippen LogP contribution is -2.33. The second-order valence-corrected chi connectivity index (χ2v) is 6.41. The van der Waals surface area contributed by atoms with E-state index in [4.69, 9.17) is 10.5 Å². The van der Waals surface area contributed by atoms with Crippen molar-refractivity contribution in [2.45, 2.75) is 38.3 Å². The maximum absolute atomic E-state index is 12.3. The molecule has 1 aliphatic rings. The molecule has 1 amide bonds. The minimum Gasteiger partial charge on any atom is -0.493 e. The van der Waals surface area contributed by atoms with Gasteiger partial charge in [-0.2, -0.15) is 0 Å². The van der Waals surface area contributed by atoms with Crippen LogP contribution >= 0.6 is 0 Å². The van der Waals surface area contributed by atoms with Gasteiger partial charge in [0.2, 0.25) is 5.91 Å². The Labute approximate surface area is 143 Å². The van der Waals surface area contributed by atoms with Crippen molar-refractivity contribution < 1.29 is 9.53 Å². The molecule has 0 saturated heterocycles. The zero-order chi connectivity index (χ0) is 16.9. The Morgan fingerprint density at radius 3 is 2.75 bits per heavy atom. The van der Waals surface area contributed by atoms with Crippen LogP contribution in [0.15, 0.2) is 48.5 Å². The maximum atomic E-state index is 12.3. The summed E-state index contributed by atoms with van der Waals surface area (Å²) in [4.78, 5) is 12.3. The number of rotatable bonds is 5. The second kappa shape index (κ2) is 7.49. The summed E-state index contributed by atoms with van der Waals surface area (Å²) in [7, 11) is 0. The number of fused-ring (bicyclic) bond motifs is 1. The van der Waals surface area contributed by atoms with Gasteiger partial charge in [-0.15, -0.1) is 0 Å². The largest absolute Gasteiger partial charge is 0.493 e. The maximum Gasteiger partial charge on any atom is 0.222 e. The molecule has 0 saturated carbocycles. The first-order chi connectivity index (χ1) is 11.6. The fourth-order valence-electron chi connectivity index (χ4n) is 3.08. The Morgan fingerprint density at radius 2 is 2.00 bits per heavy atom. The van der Waals surface area contributed by atoms with Crippen LogP contribution in [-0.4, -0.2) is 18.6 Å². The van der Waals surface area contributed by atoms with Gasteiger partial charge in [0.15, 0.2) is 0 Å². The number of aryl methyl sites for hydroxylation is 1. The zero-order valence-electron chi connectivity index (χ0n) is 14.0. The molecule has 4 heteroatoms. The van der Waals surface area contributed by atoms with Gasteiger partial charge in [-0.25, -0.2) is 0 Å². The van der Waals surface area contributed by atoms with Crippen molar-refractivity contribution in [3.63, 3.8) is 0 Å². The van der Waals surface area contributed by atoms with Crippen LogP contribution in [0.1, 0.15) is 42.5 Å². The van der Waals surface area contributed by atoms with E-state index < -0.39 is 0 Å². The predicted octanol–water partition coefficient (Wildman–Crippen LogP) is 2.95. The first kappa shape index (κ1) is 16.5. The molecule has 2 aromatic rings. The zero-order valence-corrected chi connectivity index (χ0v) is 14.0. The van der Waals surface area contributed by atoms with Gasteiger partial charge in [0.05, 0.1) is 12.6 Å². The molecule has 1 heterocycles. The van der Waals surface area contributed by atoms with Crippen LogP contribution in [0.4, 0.5) is 0 Å². The number of amides is 1. The summed E-state index contributed by atoms with van der Waals surface area (Å²) in [5.74, 6) is 0.923. The molecule has 0 bridgehead atoms. The lowest BCUT2D eigenvalue weighted by molar-refractivity contribution is -0.121. The Balaban J connectivity index is 1.91. The molecule has 24 heavy (non-hydrogen) atoms. The van der Waals surface area contributed by atoms with E-state index in [1.807, 2.05) is 49.4 Å². The Morgan fingerprint density at radius 1 is 1.21 bits per heavy atom. The van der Waals surface area contributed by atoms with Gasteiger partial charge in [-0.05, 0) is 48.6 Å². The normalized spacial score (nSPS) is 15.8. The molecular formula is C20H24N2O2. The number of ether oxygens (including phenoxy) is 1. The Kier molecular flexibility index (Phi) is 5.16. The van der Waals surface area contributed by atoms with Crippen LogP contribution in [0.5, 0.6) is 5.75 Å². The molecule has 2 unspecified atom stereocenters. The number of nitrogens with one attached hydrogen (secondary N) is 1. The smallest absolute Gasteiger partial charge is 0.222 e. The second-order valence-electron chi connectivity index (χ2n) is 6.41. The van der Waals surface area contributed by atoms with Crippen LogP contribution < -0.4 is 15.8 Å². The number of benzene rings is 2. The molecule has 4 nitrogen and oxygen atoms in total. The molecular weight excluding hydrogens is 300 g/mol. The molecule has 0 aromatic heterocycles. The molecule has 0 radical (unpaired) electrons. The third kappa shape index (κ3) is 3.95. The van der Waals surface area contributed by atoms with Crippen molar-refractivity contribution >= 4 is 5.91 Å². The van der Waals surface area contributed by atoms with Gasteiger partial charge in [-0.3, -0.25) is 4.79 Å². The summed E-state index contributed by atoms with van der Waals surface area (Å²) in [5.41, 5.74) is 9.10. The lowest BCUT2D eigenvalue weighted by atomic mass is 9.94. The van der Waals surface area contributed by atoms with Crippen LogP contribution in [0, 0.1) is 0 Å². The highest BCUT2D eigenvalue weighted by Crippen LogP contribution is 2.30. The molecule has 2 atom stereocenters. The third-order valence-corrected chi connectivity index (χ3v) is 4.21. The highest BCUT2D eigenvalue weighted by molar-refractivity contribution is 5.77. The average molecular weight is 324 g/mol. The van der Waals surface area contributed by atoms with Gasteiger partial charge in [-0.1, -0.05) is 36.4 Å². The van der Waals surface area contributed by atoms with Gasteiger partial charge in [0.25, 0.3) is 0 Å². The Hall–Kier alpha value is -2.33. The van der Waals surface area contributed by atoms with E-state index in [1.165, 1.54) is 5.56 Å². The van der Waals surface area contributed by atoms with Crippen LogP contribution in [0.25, 0.3) is 0 Å². The van der Waals surface area contributed by atoms with Crippen molar-refractivity contribution in [3.8, 4) is 5.75 Å². The van der Waals surface area contributed by atoms with E-state index in [-0.39, 0.29) is 18.0 Å². The number of nitrogens with two attached hydrogens (primary N) is 1. The van der Waals surface area contributed by atoms with Crippen molar-refractivity contribution in [2.24, 2.45) is 5.73 Å². The number of hydrogen-bond acceptors (Lipinski definition) is 3. The van der Waals surface area contributed by atoms with E-state index in [0.29, 0.717) is 6.42 Å². The first-order valence-electron chi connectivity index (χ1n) is 8.49.